The topological polar surface area (TPSA) is 38.3 Å². The summed E-state index contributed by atoms with van der Waals surface area (Å²) in [4.78, 5) is 10.9. The Kier molecular flexibility index (Phi) is 5.71. The third-order valence-electron chi connectivity index (χ3n) is 2.67. The van der Waals surface area contributed by atoms with Crippen LogP contribution in [-0.4, -0.2) is 19.6 Å². The van der Waals surface area contributed by atoms with Gasteiger partial charge >= 0.3 is 5.97 Å². The number of hydrogen-bond donors (Lipinski definition) is 1. The molecule has 1 rings (SSSR count). The van der Waals surface area contributed by atoms with E-state index in [2.05, 4.69) is 10.1 Å². The molecule has 0 fully saturated rings. The van der Waals surface area contributed by atoms with E-state index in [-0.39, 0.29) is 18.0 Å². The van der Waals surface area contributed by atoms with E-state index in [4.69, 9.17) is 0 Å². The fraction of sp³-hybridized carbons (Fsp3) is 0.462. The van der Waals surface area contributed by atoms with E-state index in [9.17, 15) is 13.6 Å². The van der Waals surface area contributed by atoms with E-state index in [1.807, 2.05) is 0 Å². The number of carbonyl (C=O) groups excluding carboxylic acids is 1. The van der Waals surface area contributed by atoms with Gasteiger partial charge in [0.05, 0.1) is 7.11 Å². The molecule has 5 heteroatoms. The van der Waals surface area contributed by atoms with Crippen molar-refractivity contribution in [3.63, 3.8) is 0 Å². The SMILES string of the molecule is COC(=O)CCCNC(C)c1c(F)cccc1F. The van der Waals surface area contributed by atoms with Crippen molar-refractivity contribution in [2.24, 2.45) is 0 Å². The maximum absolute atomic E-state index is 13.4. The van der Waals surface area contributed by atoms with Crippen molar-refractivity contribution in [1.82, 2.24) is 5.32 Å². The summed E-state index contributed by atoms with van der Waals surface area (Å²) in [6.45, 7) is 2.17. The summed E-state index contributed by atoms with van der Waals surface area (Å²) in [5.74, 6) is -1.42. The second-order valence-corrected chi connectivity index (χ2v) is 3.99. The Labute approximate surface area is 105 Å². The average Bonchev–Trinajstić information content (AvgIpc) is 2.34. The molecule has 0 saturated carbocycles. The van der Waals surface area contributed by atoms with Crippen LogP contribution in [-0.2, 0) is 9.53 Å². The van der Waals surface area contributed by atoms with Gasteiger partial charge in [-0.2, -0.15) is 0 Å². The highest BCUT2D eigenvalue weighted by atomic mass is 19.1. The van der Waals surface area contributed by atoms with Crippen molar-refractivity contribution in [2.75, 3.05) is 13.7 Å². The number of hydrogen-bond acceptors (Lipinski definition) is 3. The number of benzene rings is 1. The summed E-state index contributed by atoms with van der Waals surface area (Å²) in [6.07, 6.45) is 0.850. The van der Waals surface area contributed by atoms with Crippen molar-refractivity contribution >= 4 is 5.97 Å². The predicted molar refractivity (Wildman–Crippen MR) is 64.0 cm³/mol. The molecule has 18 heavy (non-hydrogen) atoms. The number of nitrogens with one attached hydrogen (secondary N) is 1. The quantitative estimate of drug-likeness (QED) is 0.628. The molecule has 100 valence electrons. The molecule has 0 radical (unpaired) electrons. The summed E-state index contributed by atoms with van der Waals surface area (Å²) in [6, 6.07) is 3.35. The van der Waals surface area contributed by atoms with Crippen molar-refractivity contribution in [3.05, 3.63) is 35.4 Å². The molecule has 1 N–H and O–H groups in total. The molecule has 0 amide bonds. The largest absolute Gasteiger partial charge is 0.469 e. The van der Waals surface area contributed by atoms with Gasteiger partial charge in [-0.3, -0.25) is 4.79 Å². The number of methoxy groups -OCH3 is 1. The normalized spacial score (nSPS) is 12.2. The van der Waals surface area contributed by atoms with Crippen LogP contribution in [0.15, 0.2) is 18.2 Å². The van der Waals surface area contributed by atoms with Gasteiger partial charge in [-0.25, -0.2) is 8.78 Å². The first-order chi connectivity index (χ1) is 8.56. The van der Waals surface area contributed by atoms with E-state index < -0.39 is 17.7 Å². The monoisotopic (exact) mass is 257 g/mol. The van der Waals surface area contributed by atoms with Crippen molar-refractivity contribution in [2.45, 2.75) is 25.8 Å². The smallest absolute Gasteiger partial charge is 0.305 e. The standard InChI is InChI=1S/C13H17F2NO2/c1-9(16-8-4-7-12(17)18-2)13-10(14)5-3-6-11(13)15/h3,5-6,9,16H,4,7-8H2,1-2H3. The zero-order chi connectivity index (χ0) is 13.5. The Balaban J connectivity index is 2.46. The van der Waals surface area contributed by atoms with Gasteiger partial charge in [0.1, 0.15) is 11.6 Å². The van der Waals surface area contributed by atoms with Gasteiger partial charge in [0.15, 0.2) is 0 Å². The van der Waals surface area contributed by atoms with Gasteiger partial charge in [-0.05, 0) is 32.0 Å². The fourth-order valence-electron chi connectivity index (χ4n) is 1.68. The Bertz CT molecular complexity index is 390. The minimum absolute atomic E-state index is 0.0237. The summed E-state index contributed by atoms with van der Waals surface area (Å²) < 4.78 is 31.4. The molecular formula is C13H17F2NO2. The van der Waals surface area contributed by atoms with E-state index in [1.54, 1.807) is 6.92 Å². The lowest BCUT2D eigenvalue weighted by molar-refractivity contribution is -0.140. The van der Waals surface area contributed by atoms with Gasteiger partial charge in [-0.1, -0.05) is 6.07 Å². The maximum atomic E-state index is 13.4. The van der Waals surface area contributed by atoms with Gasteiger partial charge in [0.25, 0.3) is 0 Å². The zero-order valence-electron chi connectivity index (χ0n) is 10.5. The van der Waals surface area contributed by atoms with Gasteiger partial charge in [0.2, 0.25) is 0 Å². The molecule has 0 aliphatic rings. The zero-order valence-corrected chi connectivity index (χ0v) is 10.5. The second kappa shape index (κ2) is 7.06. The van der Waals surface area contributed by atoms with Crippen molar-refractivity contribution < 1.29 is 18.3 Å². The van der Waals surface area contributed by atoms with Crippen LogP contribution < -0.4 is 5.32 Å². The number of carbonyl (C=O) groups is 1. The van der Waals surface area contributed by atoms with Crippen LogP contribution in [0.4, 0.5) is 8.78 Å². The number of ether oxygens (including phenoxy) is 1. The first-order valence-electron chi connectivity index (χ1n) is 5.80. The Morgan fingerprint density at radius 3 is 2.56 bits per heavy atom. The van der Waals surface area contributed by atoms with Gasteiger partial charge in [-0.15, -0.1) is 0 Å². The molecule has 0 spiro atoms. The Morgan fingerprint density at radius 1 is 1.39 bits per heavy atom. The number of halogens is 2. The summed E-state index contributed by atoms with van der Waals surface area (Å²) in [5.41, 5.74) is 0.0237. The maximum Gasteiger partial charge on any atom is 0.305 e. The molecule has 0 heterocycles. The van der Waals surface area contributed by atoms with Crippen LogP contribution in [0.25, 0.3) is 0 Å². The van der Waals surface area contributed by atoms with Crippen LogP contribution in [0, 0.1) is 11.6 Å². The van der Waals surface area contributed by atoms with Gasteiger partial charge in [0, 0.05) is 18.0 Å². The Morgan fingerprint density at radius 2 is 2.00 bits per heavy atom. The lowest BCUT2D eigenvalue weighted by atomic mass is 10.1. The lowest BCUT2D eigenvalue weighted by Gasteiger charge is -2.15. The molecule has 0 aromatic heterocycles. The van der Waals surface area contributed by atoms with E-state index in [0.717, 1.165) is 0 Å². The molecule has 1 atom stereocenters. The molecule has 0 saturated heterocycles. The van der Waals surface area contributed by atoms with Crippen LogP contribution in [0.3, 0.4) is 0 Å². The van der Waals surface area contributed by atoms with Gasteiger partial charge < -0.3 is 10.1 Å². The summed E-state index contributed by atoms with van der Waals surface area (Å²) in [7, 11) is 1.33. The molecule has 0 bridgehead atoms. The highest BCUT2D eigenvalue weighted by Gasteiger charge is 2.15. The third kappa shape index (κ3) is 4.07. The van der Waals surface area contributed by atoms with Crippen LogP contribution in [0.5, 0.6) is 0 Å². The highest BCUT2D eigenvalue weighted by molar-refractivity contribution is 5.69. The number of esters is 1. The molecule has 0 aliphatic heterocycles. The fourth-order valence-corrected chi connectivity index (χ4v) is 1.68. The van der Waals surface area contributed by atoms with Crippen molar-refractivity contribution in [1.29, 1.82) is 0 Å². The number of rotatable bonds is 6. The summed E-state index contributed by atoms with van der Waals surface area (Å²) in [5, 5.41) is 2.97. The minimum Gasteiger partial charge on any atom is -0.469 e. The third-order valence-corrected chi connectivity index (χ3v) is 2.67. The molecule has 1 aromatic carbocycles. The van der Waals surface area contributed by atoms with Crippen molar-refractivity contribution in [3.8, 4) is 0 Å². The van der Waals surface area contributed by atoms with Crippen LogP contribution in [0.1, 0.15) is 31.4 Å². The summed E-state index contributed by atoms with van der Waals surface area (Å²) >= 11 is 0. The minimum atomic E-state index is -0.567. The van der Waals surface area contributed by atoms with Crippen LogP contribution >= 0.6 is 0 Å². The molecule has 0 aliphatic carbocycles. The average molecular weight is 257 g/mol. The lowest BCUT2D eigenvalue weighted by Crippen LogP contribution is -2.22. The van der Waals surface area contributed by atoms with E-state index >= 15 is 0 Å². The molecular weight excluding hydrogens is 240 g/mol. The molecule has 1 aromatic rings. The molecule has 3 nitrogen and oxygen atoms in total. The predicted octanol–water partition coefficient (Wildman–Crippen LogP) is 2.57. The second-order valence-electron chi connectivity index (χ2n) is 3.99. The first-order valence-corrected chi connectivity index (χ1v) is 5.80. The van der Waals surface area contributed by atoms with E-state index in [1.165, 1.54) is 25.3 Å². The van der Waals surface area contributed by atoms with Crippen LogP contribution in [0.2, 0.25) is 0 Å². The molecule has 1 unspecified atom stereocenters. The first kappa shape index (κ1) is 14.6. The Hall–Kier alpha value is -1.49. The van der Waals surface area contributed by atoms with E-state index in [0.29, 0.717) is 13.0 Å². The highest BCUT2D eigenvalue weighted by Crippen LogP contribution is 2.20.